The maximum atomic E-state index is 4.12. The van der Waals surface area contributed by atoms with E-state index in [1.807, 2.05) is 13.1 Å². The third kappa shape index (κ3) is 2.63. The van der Waals surface area contributed by atoms with Gasteiger partial charge >= 0.3 is 0 Å². The maximum absolute atomic E-state index is 4.12. The van der Waals surface area contributed by atoms with Crippen LogP contribution in [-0.2, 0) is 6.42 Å². The van der Waals surface area contributed by atoms with Crippen molar-refractivity contribution < 1.29 is 0 Å². The van der Waals surface area contributed by atoms with Gasteiger partial charge in [-0.15, -0.1) is 0 Å². The molecule has 0 aliphatic heterocycles. The Balaban J connectivity index is 2.51. The van der Waals surface area contributed by atoms with E-state index in [2.05, 4.69) is 22.2 Å². The molecule has 0 saturated heterocycles. The van der Waals surface area contributed by atoms with Crippen LogP contribution in [0.2, 0.25) is 0 Å². The number of aromatic nitrogens is 2. The molecule has 0 spiro atoms. The van der Waals surface area contributed by atoms with Crippen molar-refractivity contribution in [3.8, 4) is 0 Å². The predicted molar refractivity (Wildman–Crippen MR) is 44.3 cm³/mol. The number of nitrogens with one attached hydrogen (secondary N) is 1. The van der Waals surface area contributed by atoms with Gasteiger partial charge in [0.05, 0.1) is 0 Å². The Morgan fingerprint density at radius 1 is 1.64 bits per heavy atom. The standard InChI is InChI=1S/C8H13N3/c1-7(9-2)5-8-3-4-10-6-11-8/h3-4,6-7,9H,5H2,1-2H3. The molecule has 3 nitrogen and oxygen atoms in total. The first kappa shape index (κ1) is 8.14. The van der Waals surface area contributed by atoms with Crippen molar-refractivity contribution in [1.82, 2.24) is 15.3 Å². The summed E-state index contributed by atoms with van der Waals surface area (Å²) >= 11 is 0. The number of likely N-dealkylation sites (N-methyl/N-ethyl adjacent to an activating group) is 1. The van der Waals surface area contributed by atoms with Gasteiger partial charge in [-0.1, -0.05) is 0 Å². The minimum absolute atomic E-state index is 0.477. The first-order valence-electron chi connectivity index (χ1n) is 3.75. The van der Waals surface area contributed by atoms with Gasteiger partial charge < -0.3 is 5.32 Å². The zero-order valence-corrected chi connectivity index (χ0v) is 6.91. The zero-order valence-electron chi connectivity index (χ0n) is 6.91. The van der Waals surface area contributed by atoms with Crippen LogP contribution in [0.5, 0.6) is 0 Å². The minimum Gasteiger partial charge on any atom is -0.317 e. The third-order valence-corrected chi connectivity index (χ3v) is 1.65. The van der Waals surface area contributed by atoms with Crippen molar-refractivity contribution in [2.45, 2.75) is 19.4 Å². The summed E-state index contributed by atoms with van der Waals surface area (Å²) in [6, 6.07) is 2.42. The molecule has 0 aliphatic rings. The van der Waals surface area contributed by atoms with Crippen LogP contribution in [-0.4, -0.2) is 23.1 Å². The largest absolute Gasteiger partial charge is 0.317 e. The lowest BCUT2D eigenvalue weighted by atomic mass is 10.2. The minimum atomic E-state index is 0.477. The van der Waals surface area contributed by atoms with E-state index >= 15 is 0 Å². The number of hydrogen-bond acceptors (Lipinski definition) is 3. The first-order valence-corrected chi connectivity index (χ1v) is 3.75. The average molecular weight is 151 g/mol. The molecule has 1 heterocycles. The Bertz CT molecular complexity index is 198. The van der Waals surface area contributed by atoms with Gasteiger partial charge in [0, 0.05) is 24.4 Å². The van der Waals surface area contributed by atoms with Gasteiger partial charge in [0.15, 0.2) is 0 Å². The average Bonchev–Trinajstić information content (AvgIpc) is 2.06. The van der Waals surface area contributed by atoms with E-state index in [0.29, 0.717) is 6.04 Å². The Hall–Kier alpha value is -0.960. The van der Waals surface area contributed by atoms with Crippen LogP contribution >= 0.6 is 0 Å². The second-order valence-corrected chi connectivity index (χ2v) is 2.59. The molecule has 1 unspecified atom stereocenters. The fourth-order valence-electron chi connectivity index (χ4n) is 0.855. The number of rotatable bonds is 3. The second kappa shape index (κ2) is 4.03. The SMILES string of the molecule is CNC(C)Cc1ccncn1. The second-order valence-electron chi connectivity index (χ2n) is 2.59. The molecule has 0 bridgehead atoms. The molecule has 60 valence electrons. The Labute approximate surface area is 66.9 Å². The van der Waals surface area contributed by atoms with Crippen molar-refractivity contribution in [3.63, 3.8) is 0 Å². The summed E-state index contributed by atoms with van der Waals surface area (Å²) in [6.45, 7) is 2.13. The van der Waals surface area contributed by atoms with E-state index in [9.17, 15) is 0 Å². The highest BCUT2D eigenvalue weighted by Crippen LogP contribution is 1.95. The van der Waals surface area contributed by atoms with E-state index in [1.54, 1.807) is 12.5 Å². The molecular formula is C8H13N3. The summed E-state index contributed by atoms with van der Waals surface area (Å²) in [5, 5.41) is 3.15. The molecule has 0 aliphatic carbocycles. The van der Waals surface area contributed by atoms with Gasteiger partial charge in [0.25, 0.3) is 0 Å². The highest BCUT2D eigenvalue weighted by atomic mass is 14.9. The normalized spacial score (nSPS) is 12.9. The molecule has 1 N–H and O–H groups in total. The first-order chi connectivity index (χ1) is 5.33. The highest BCUT2D eigenvalue weighted by molar-refractivity contribution is 4.99. The van der Waals surface area contributed by atoms with Crippen molar-refractivity contribution in [3.05, 3.63) is 24.3 Å². The fourth-order valence-corrected chi connectivity index (χ4v) is 0.855. The van der Waals surface area contributed by atoms with Crippen LogP contribution in [0.4, 0.5) is 0 Å². The lowest BCUT2D eigenvalue weighted by Gasteiger charge is -2.07. The summed E-state index contributed by atoms with van der Waals surface area (Å²) in [4.78, 5) is 7.96. The smallest absolute Gasteiger partial charge is 0.115 e. The fraction of sp³-hybridized carbons (Fsp3) is 0.500. The van der Waals surface area contributed by atoms with Crippen molar-refractivity contribution >= 4 is 0 Å². The van der Waals surface area contributed by atoms with Crippen molar-refractivity contribution in [2.75, 3.05) is 7.05 Å². The number of nitrogens with zero attached hydrogens (tertiary/aromatic N) is 2. The molecule has 1 rings (SSSR count). The van der Waals surface area contributed by atoms with E-state index in [0.717, 1.165) is 12.1 Å². The van der Waals surface area contributed by atoms with Crippen LogP contribution in [0.25, 0.3) is 0 Å². The van der Waals surface area contributed by atoms with Crippen LogP contribution in [0.1, 0.15) is 12.6 Å². The maximum Gasteiger partial charge on any atom is 0.115 e. The van der Waals surface area contributed by atoms with Crippen LogP contribution in [0.15, 0.2) is 18.6 Å². The summed E-state index contributed by atoms with van der Waals surface area (Å²) in [7, 11) is 1.95. The molecule has 0 radical (unpaired) electrons. The topological polar surface area (TPSA) is 37.8 Å². The lowest BCUT2D eigenvalue weighted by Crippen LogP contribution is -2.23. The van der Waals surface area contributed by atoms with Gasteiger partial charge in [0.2, 0.25) is 0 Å². The van der Waals surface area contributed by atoms with E-state index in [-0.39, 0.29) is 0 Å². The predicted octanol–water partition coefficient (Wildman–Crippen LogP) is 0.627. The molecule has 1 aromatic rings. The van der Waals surface area contributed by atoms with E-state index < -0.39 is 0 Å². The van der Waals surface area contributed by atoms with Gasteiger partial charge in [0.1, 0.15) is 6.33 Å². The number of hydrogen-bond donors (Lipinski definition) is 1. The van der Waals surface area contributed by atoms with Crippen LogP contribution < -0.4 is 5.32 Å². The Morgan fingerprint density at radius 3 is 3.00 bits per heavy atom. The van der Waals surface area contributed by atoms with Gasteiger partial charge in [-0.25, -0.2) is 9.97 Å². The molecule has 0 aromatic carbocycles. The molecule has 0 amide bonds. The van der Waals surface area contributed by atoms with Crippen molar-refractivity contribution in [1.29, 1.82) is 0 Å². The Kier molecular flexibility index (Phi) is 2.98. The van der Waals surface area contributed by atoms with E-state index in [1.165, 1.54) is 0 Å². The molecule has 3 heteroatoms. The monoisotopic (exact) mass is 151 g/mol. The zero-order chi connectivity index (χ0) is 8.10. The molecule has 0 saturated carbocycles. The Morgan fingerprint density at radius 2 is 2.45 bits per heavy atom. The van der Waals surface area contributed by atoms with Gasteiger partial charge in [-0.05, 0) is 20.0 Å². The lowest BCUT2D eigenvalue weighted by molar-refractivity contribution is 0.600. The summed E-state index contributed by atoms with van der Waals surface area (Å²) in [5.41, 5.74) is 1.09. The van der Waals surface area contributed by atoms with Gasteiger partial charge in [-0.3, -0.25) is 0 Å². The van der Waals surface area contributed by atoms with Crippen molar-refractivity contribution in [2.24, 2.45) is 0 Å². The molecule has 0 fully saturated rings. The quantitative estimate of drug-likeness (QED) is 0.688. The van der Waals surface area contributed by atoms with Gasteiger partial charge in [-0.2, -0.15) is 0 Å². The van der Waals surface area contributed by atoms with E-state index in [4.69, 9.17) is 0 Å². The third-order valence-electron chi connectivity index (χ3n) is 1.65. The summed E-state index contributed by atoms with van der Waals surface area (Å²) in [6.07, 6.45) is 4.31. The molecule has 11 heavy (non-hydrogen) atoms. The molecule has 1 aromatic heterocycles. The summed E-state index contributed by atoms with van der Waals surface area (Å²) < 4.78 is 0. The molecular weight excluding hydrogens is 138 g/mol. The highest BCUT2D eigenvalue weighted by Gasteiger charge is 1.99. The molecule has 1 atom stereocenters. The van der Waals surface area contributed by atoms with Crippen LogP contribution in [0.3, 0.4) is 0 Å². The summed E-state index contributed by atoms with van der Waals surface area (Å²) in [5.74, 6) is 0. The van der Waals surface area contributed by atoms with Crippen LogP contribution in [0, 0.1) is 0 Å².